The molecule has 1 aromatic carbocycles. The van der Waals surface area contributed by atoms with E-state index >= 15 is 0 Å². The quantitative estimate of drug-likeness (QED) is 0.945. The molecular formula is C14H12BrNO3. The first kappa shape index (κ1) is 13.5. The fraction of sp³-hybridized carbons (Fsp3) is 0.143. The number of halogens is 1. The van der Waals surface area contributed by atoms with Gasteiger partial charge in [0.05, 0.1) is 0 Å². The van der Waals surface area contributed by atoms with Gasteiger partial charge in [0.1, 0.15) is 5.56 Å². The standard InChI is InChI=1S/C14H12BrNO3/c1-9-5-13(17)12(14(18)19)8-16(9)7-10-3-2-4-11(15)6-10/h2-6,8H,7H2,1H3,(H,18,19). The molecule has 2 rings (SSSR count). The number of aromatic carboxylic acids is 1. The van der Waals surface area contributed by atoms with Gasteiger partial charge in [-0.05, 0) is 24.6 Å². The Morgan fingerprint density at radius 2 is 2.11 bits per heavy atom. The minimum atomic E-state index is -1.20. The molecule has 4 nitrogen and oxygen atoms in total. The van der Waals surface area contributed by atoms with E-state index in [-0.39, 0.29) is 5.56 Å². The van der Waals surface area contributed by atoms with Crippen LogP contribution < -0.4 is 5.43 Å². The number of rotatable bonds is 3. The van der Waals surface area contributed by atoms with Crippen LogP contribution in [0.15, 0.2) is 45.8 Å². The van der Waals surface area contributed by atoms with Crippen LogP contribution in [0.1, 0.15) is 21.6 Å². The molecule has 19 heavy (non-hydrogen) atoms. The van der Waals surface area contributed by atoms with Crippen LogP contribution in [0.3, 0.4) is 0 Å². The fourth-order valence-corrected chi connectivity index (χ4v) is 2.28. The van der Waals surface area contributed by atoms with Gasteiger partial charge in [0, 0.05) is 29.0 Å². The molecule has 0 aliphatic heterocycles. The number of aromatic nitrogens is 1. The molecule has 2 aromatic rings. The van der Waals surface area contributed by atoms with E-state index in [1.807, 2.05) is 24.3 Å². The summed E-state index contributed by atoms with van der Waals surface area (Å²) in [5.74, 6) is -1.20. The Labute approximate surface area is 118 Å². The van der Waals surface area contributed by atoms with Crippen molar-refractivity contribution in [1.82, 2.24) is 4.57 Å². The highest BCUT2D eigenvalue weighted by Crippen LogP contribution is 2.13. The molecular weight excluding hydrogens is 310 g/mol. The normalized spacial score (nSPS) is 10.4. The van der Waals surface area contributed by atoms with Crippen molar-refractivity contribution in [2.24, 2.45) is 0 Å². The van der Waals surface area contributed by atoms with Gasteiger partial charge in [-0.3, -0.25) is 4.79 Å². The first-order valence-electron chi connectivity index (χ1n) is 5.66. The molecule has 0 bridgehead atoms. The lowest BCUT2D eigenvalue weighted by atomic mass is 10.2. The molecule has 5 heteroatoms. The van der Waals surface area contributed by atoms with Crippen LogP contribution in [0.25, 0.3) is 0 Å². The molecule has 1 N–H and O–H groups in total. The molecule has 0 spiro atoms. The zero-order chi connectivity index (χ0) is 14.0. The van der Waals surface area contributed by atoms with Gasteiger partial charge in [-0.25, -0.2) is 4.79 Å². The number of nitrogens with zero attached hydrogens (tertiary/aromatic N) is 1. The van der Waals surface area contributed by atoms with Crippen molar-refractivity contribution in [3.05, 3.63) is 68.0 Å². The zero-order valence-corrected chi connectivity index (χ0v) is 11.8. The van der Waals surface area contributed by atoms with Crippen LogP contribution in [0, 0.1) is 6.92 Å². The molecule has 1 aromatic heterocycles. The summed E-state index contributed by atoms with van der Waals surface area (Å²) in [7, 11) is 0. The van der Waals surface area contributed by atoms with Crippen LogP contribution in [0.5, 0.6) is 0 Å². The third kappa shape index (κ3) is 3.12. The summed E-state index contributed by atoms with van der Waals surface area (Å²) >= 11 is 3.39. The number of benzene rings is 1. The highest BCUT2D eigenvalue weighted by molar-refractivity contribution is 9.10. The van der Waals surface area contributed by atoms with Gasteiger partial charge < -0.3 is 9.67 Å². The second-order valence-electron chi connectivity index (χ2n) is 4.26. The fourth-order valence-electron chi connectivity index (χ4n) is 1.83. The predicted octanol–water partition coefficient (Wildman–Crippen LogP) is 2.67. The SMILES string of the molecule is Cc1cc(=O)c(C(=O)O)cn1Cc1cccc(Br)c1. The Kier molecular flexibility index (Phi) is 3.85. The number of carboxylic acids is 1. The van der Waals surface area contributed by atoms with Gasteiger partial charge in [-0.2, -0.15) is 0 Å². The lowest BCUT2D eigenvalue weighted by Gasteiger charge is -2.11. The van der Waals surface area contributed by atoms with Crippen molar-refractivity contribution in [2.75, 3.05) is 0 Å². The molecule has 0 amide bonds. The summed E-state index contributed by atoms with van der Waals surface area (Å²) in [4.78, 5) is 22.5. The molecule has 0 aliphatic carbocycles. The second-order valence-corrected chi connectivity index (χ2v) is 5.17. The van der Waals surface area contributed by atoms with Gasteiger partial charge in [0.25, 0.3) is 0 Å². The summed E-state index contributed by atoms with van der Waals surface area (Å²) in [5, 5.41) is 8.97. The van der Waals surface area contributed by atoms with E-state index in [2.05, 4.69) is 15.9 Å². The molecule has 0 saturated heterocycles. The van der Waals surface area contributed by atoms with E-state index in [4.69, 9.17) is 5.11 Å². The maximum Gasteiger partial charge on any atom is 0.341 e. The van der Waals surface area contributed by atoms with Crippen LogP contribution in [0.2, 0.25) is 0 Å². The number of hydrogen-bond donors (Lipinski definition) is 1. The van der Waals surface area contributed by atoms with E-state index < -0.39 is 11.4 Å². The Morgan fingerprint density at radius 3 is 2.74 bits per heavy atom. The van der Waals surface area contributed by atoms with E-state index in [9.17, 15) is 9.59 Å². The minimum absolute atomic E-state index is 0.208. The van der Waals surface area contributed by atoms with Gasteiger partial charge >= 0.3 is 5.97 Å². The lowest BCUT2D eigenvalue weighted by Crippen LogP contribution is -2.19. The Balaban J connectivity index is 2.43. The molecule has 0 unspecified atom stereocenters. The third-order valence-corrected chi connectivity index (χ3v) is 3.31. The summed E-state index contributed by atoms with van der Waals surface area (Å²) < 4.78 is 2.72. The monoisotopic (exact) mass is 321 g/mol. The van der Waals surface area contributed by atoms with Crippen molar-refractivity contribution in [2.45, 2.75) is 13.5 Å². The van der Waals surface area contributed by atoms with Gasteiger partial charge in [0.2, 0.25) is 0 Å². The van der Waals surface area contributed by atoms with Crippen molar-refractivity contribution >= 4 is 21.9 Å². The lowest BCUT2D eigenvalue weighted by molar-refractivity contribution is 0.0694. The molecule has 0 atom stereocenters. The topological polar surface area (TPSA) is 59.3 Å². The Morgan fingerprint density at radius 1 is 1.37 bits per heavy atom. The van der Waals surface area contributed by atoms with E-state index in [1.165, 1.54) is 12.3 Å². The maximum absolute atomic E-state index is 11.5. The summed E-state index contributed by atoms with van der Waals surface area (Å²) in [6.45, 7) is 2.30. The van der Waals surface area contributed by atoms with E-state index in [0.717, 1.165) is 15.7 Å². The van der Waals surface area contributed by atoms with Gasteiger partial charge in [-0.15, -0.1) is 0 Å². The minimum Gasteiger partial charge on any atom is -0.477 e. The summed E-state index contributed by atoms with van der Waals surface area (Å²) in [6.07, 6.45) is 1.39. The van der Waals surface area contributed by atoms with Gasteiger partial charge in [-0.1, -0.05) is 28.1 Å². The Hall–Kier alpha value is -1.88. The van der Waals surface area contributed by atoms with E-state index in [1.54, 1.807) is 11.5 Å². The number of pyridine rings is 1. The third-order valence-electron chi connectivity index (χ3n) is 2.82. The molecule has 1 heterocycles. The number of hydrogen-bond acceptors (Lipinski definition) is 2. The summed E-state index contributed by atoms with van der Waals surface area (Å²) in [5.41, 5.74) is 1.09. The highest BCUT2D eigenvalue weighted by Gasteiger charge is 2.10. The average Bonchev–Trinajstić information content (AvgIpc) is 2.32. The molecule has 0 aliphatic rings. The Bertz CT molecular complexity index is 691. The average molecular weight is 322 g/mol. The molecule has 98 valence electrons. The van der Waals surface area contributed by atoms with Crippen LogP contribution in [-0.4, -0.2) is 15.6 Å². The largest absolute Gasteiger partial charge is 0.477 e. The number of carboxylic acid groups (broad SMARTS) is 1. The summed E-state index contributed by atoms with van der Waals surface area (Å²) in [6, 6.07) is 9.09. The highest BCUT2D eigenvalue weighted by atomic mass is 79.9. The van der Waals surface area contributed by atoms with Crippen LogP contribution >= 0.6 is 15.9 Å². The van der Waals surface area contributed by atoms with Crippen molar-refractivity contribution < 1.29 is 9.90 Å². The number of aryl methyl sites for hydroxylation is 1. The van der Waals surface area contributed by atoms with E-state index in [0.29, 0.717) is 6.54 Å². The molecule has 0 radical (unpaired) electrons. The molecule has 0 fully saturated rings. The van der Waals surface area contributed by atoms with Crippen LogP contribution in [0.4, 0.5) is 0 Å². The maximum atomic E-state index is 11.5. The zero-order valence-electron chi connectivity index (χ0n) is 10.3. The van der Waals surface area contributed by atoms with Gasteiger partial charge in [0.15, 0.2) is 5.43 Å². The smallest absolute Gasteiger partial charge is 0.341 e. The first-order chi connectivity index (χ1) is 8.97. The van der Waals surface area contributed by atoms with Crippen molar-refractivity contribution in [3.63, 3.8) is 0 Å². The van der Waals surface area contributed by atoms with Crippen LogP contribution in [-0.2, 0) is 6.54 Å². The second kappa shape index (κ2) is 5.40. The van der Waals surface area contributed by atoms with Crippen molar-refractivity contribution in [3.8, 4) is 0 Å². The molecule has 0 saturated carbocycles. The number of carbonyl (C=O) groups is 1. The first-order valence-corrected chi connectivity index (χ1v) is 6.45. The van der Waals surface area contributed by atoms with Crippen molar-refractivity contribution in [1.29, 1.82) is 0 Å². The predicted molar refractivity (Wildman–Crippen MR) is 75.6 cm³/mol.